The first-order chi connectivity index (χ1) is 15.5. The van der Waals surface area contributed by atoms with E-state index in [1.165, 1.54) is 33.4 Å². The minimum Gasteiger partial charge on any atom is -0.476 e. The van der Waals surface area contributed by atoms with E-state index in [2.05, 4.69) is 4.98 Å². The summed E-state index contributed by atoms with van der Waals surface area (Å²) in [5.74, 6) is -0.621. The van der Waals surface area contributed by atoms with Gasteiger partial charge in [0.1, 0.15) is 6.10 Å². The van der Waals surface area contributed by atoms with Gasteiger partial charge >= 0.3 is 18.2 Å². The molecular weight excluding hydrogens is 481 g/mol. The summed E-state index contributed by atoms with van der Waals surface area (Å²) in [7, 11) is 0. The lowest BCUT2D eigenvalue weighted by Gasteiger charge is -2.45. The Morgan fingerprint density at radius 1 is 1.48 bits per heavy atom. The second kappa shape index (κ2) is 10.6. The van der Waals surface area contributed by atoms with Crippen LogP contribution in [0.15, 0.2) is 21.9 Å². The number of aromatic nitrogens is 1. The molecule has 1 aliphatic heterocycles. The predicted molar refractivity (Wildman–Crippen MR) is 118 cm³/mol. The molecule has 3 rings (SSSR count). The van der Waals surface area contributed by atoms with Gasteiger partial charge in [-0.15, -0.1) is 11.3 Å². The molecule has 0 aromatic carbocycles. The average molecular weight is 509 g/mol. The SMILES string of the molecule is C[C@@H]1OC(=O)N(CCSc2nc(C(=O)O)cs2)[C@H]1/C=C/C(O)C1(CCCC(F)(F)F)CCC1. The lowest BCUT2D eigenvalue weighted by Crippen LogP contribution is -2.41. The van der Waals surface area contributed by atoms with Gasteiger partial charge in [-0.3, -0.25) is 4.90 Å². The first-order valence-corrected chi connectivity index (χ1v) is 12.6. The van der Waals surface area contributed by atoms with Gasteiger partial charge in [0.25, 0.3) is 0 Å². The zero-order valence-electron chi connectivity index (χ0n) is 18.1. The fraction of sp³-hybridized carbons (Fsp3) is 0.667. The van der Waals surface area contributed by atoms with Crippen LogP contribution in [-0.4, -0.2) is 68.9 Å². The molecule has 2 aliphatic rings. The third-order valence-electron chi connectivity index (χ3n) is 6.22. The van der Waals surface area contributed by atoms with Gasteiger partial charge in [-0.2, -0.15) is 13.2 Å². The van der Waals surface area contributed by atoms with Crippen LogP contribution < -0.4 is 0 Å². The molecule has 2 N–H and O–H groups in total. The molecule has 33 heavy (non-hydrogen) atoms. The van der Waals surface area contributed by atoms with E-state index in [4.69, 9.17) is 9.84 Å². The second-order valence-electron chi connectivity index (χ2n) is 8.44. The number of rotatable bonds is 11. The first kappa shape index (κ1) is 25.8. The molecule has 1 unspecified atom stereocenters. The number of thiazole rings is 1. The molecule has 1 amide bonds. The number of hydrogen-bond donors (Lipinski definition) is 2. The number of carbonyl (C=O) groups excluding carboxylic acids is 1. The Bertz CT molecular complexity index is 872. The number of aliphatic hydroxyl groups is 1. The van der Waals surface area contributed by atoms with Gasteiger partial charge in [0, 0.05) is 24.1 Å². The fourth-order valence-corrected chi connectivity index (χ4v) is 6.02. The van der Waals surface area contributed by atoms with Crippen LogP contribution in [0.5, 0.6) is 0 Å². The maximum absolute atomic E-state index is 12.5. The number of carboxylic acids is 1. The number of halogens is 3. The second-order valence-corrected chi connectivity index (χ2v) is 10.6. The quantitative estimate of drug-likeness (QED) is 0.322. The number of carbonyl (C=O) groups is 2. The third-order valence-corrected chi connectivity index (χ3v) is 8.23. The zero-order valence-corrected chi connectivity index (χ0v) is 19.7. The number of thioether (sulfide) groups is 1. The van der Waals surface area contributed by atoms with Gasteiger partial charge in [0.2, 0.25) is 0 Å². The fourth-order valence-electron chi connectivity index (χ4n) is 4.21. The molecule has 0 spiro atoms. The molecule has 184 valence electrons. The van der Waals surface area contributed by atoms with Crippen LogP contribution in [0.25, 0.3) is 0 Å². The average Bonchev–Trinajstić information content (AvgIpc) is 3.26. The molecule has 2 heterocycles. The molecule has 1 saturated heterocycles. The van der Waals surface area contributed by atoms with Gasteiger partial charge in [-0.05, 0) is 38.0 Å². The van der Waals surface area contributed by atoms with Crippen LogP contribution in [0.1, 0.15) is 55.9 Å². The Balaban J connectivity index is 1.56. The van der Waals surface area contributed by atoms with E-state index in [-0.39, 0.29) is 12.1 Å². The normalized spacial score (nSPS) is 23.5. The number of cyclic esters (lactones) is 1. The smallest absolute Gasteiger partial charge is 0.410 e. The van der Waals surface area contributed by atoms with E-state index < -0.39 is 48.3 Å². The van der Waals surface area contributed by atoms with Crippen molar-refractivity contribution in [1.82, 2.24) is 9.88 Å². The van der Waals surface area contributed by atoms with Crippen molar-refractivity contribution >= 4 is 35.2 Å². The lowest BCUT2D eigenvalue weighted by molar-refractivity contribution is -0.139. The maximum Gasteiger partial charge on any atom is 0.410 e. The van der Waals surface area contributed by atoms with Crippen molar-refractivity contribution in [1.29, 1.82) is 0 Å². The summed E-state index contributed by atoms with van der Waals surface area (Å²) in [5.41, 5.74) is -0.561. The number of aliphatic hydroxyl groups excluding tert-OH is 1. The van der Waals surface area contributed by atoms with E-state index in [1.54, 1.807) is 19.1 Å². The molecule has 0 radical (unpaired) electrons. The minimum absolute atomic E-state index is 0.0144. The molecule has 1 aliphatic carbocycles. The van der Waals surface area contributed by atoms with E-state index in [0.29, 0.717) is 35.9 Å². The van der Waals surface area contributed by atoms with Crippen molar-refractivity contribution in [3.8, 4) is 0 Å². The Labute approximate surface area is 198 Å². The Morgan fingerprint density at radius 2 is 2.21 bits per heavy atom. The van der Waals surface area contributed by atoms with Gasteiger partial charge < -0.3 is 14.9 Å². The van der Waals surface area contributed by atoms with Crippen molar-refractivity contribution in [3.05, 3.63) is 23.2 Å². The number of aromatic carboxylic acids is 1. The number of nitrogens with zero attached hydrogens (tertiary/aromatic N) is 2. The highest BCUT2D eigenvalue weighted by Gasteiger charge is 2.43. The largest absolute Gasteiger partial charge is 0.476 e. The number of hydrogen-bond acceptors (Lipinski definition) is 7. The highest BCUT2D eigenvalue weighted by atomic mass is 32.2. The molecular formula is C21H27F3N2O5S2. The molecule has 1 aromatic rings. The van der Waals surface area contributed by atoms with Crippen molar-refractivity contribution < 1.29 is 37.7 Å². The molecule has 0 bridgehead atoms. The Hall–Kier alpha value is -1.79. The van der Waals surface area contributed by atoms with Crippen molar-refractivity contribution in [2.24, 2.45) is 5.41 Å². The monoisotopic (exact) mass is 508 g/mol. The summed E-state index contributed by atoms with van der Waals surface area (Å²) in [6.07, 6.45) is -1.03. The van der Waals surface area contributed by atoms with E-state index in [0.717, 1.165) is 6.42 Å². The van der Waals surface area contributed by atoms with Crippen LogP contribution in [0.4, 0.5) is 18.0 Å². The van der Waals surface area contributed by atoms with Gasteiger partial charge in [-0.1, -0.05) is 30.3 Å². The van der Waals surface area contributed by atoms with E-state index in [9.17, 15) is 27.9 Å². The molecule has 1 saturated carbocycles. The van der Waals surface area contributed by atoms with Crippen LogP contribution in [0, 0.1) is 5.41 Å². The summed E-state index contributed by atoms with van der Waals surface area (Å²) < 4.78 is 43.5. The van der Waals surface area contributed by atoms with Crippen molar-refractivity contribution in [3.63, 3.8) is 0 Å². The summed E-state index contributed by atoms with van der Waals surface area (Å²) in [6, 6.07) is -0.411. The molecule has 7 nitrogen and oxygen atoms in total. The Morgan fingerprint density at radius 3 is 2.79 bits per heavy atom. The number of carboxylic acid groups (broad SMARTS) is 1. The number of ether oxygens (including phenoxy) is 1. The highest BCUT2D eigenvalue weighted by Crippen LogP contribution is 2.49. The Kier molecular flexibility index (Phi) is 8.33. The van der Waals surface area contributed by atoms with Crippen molar-refractivity contribution in [2.75, 3.05) is 12.3 Å². The van der Waals surface area contributed by atoms with Crippen LogP contribution in [0.3, 0.4) is 0 Å². The van der Waals surface area contributed by atoms with Crippen LogP contribution in [0.2, 0.25) is 0 Å². The maximum atomic E-state index is 12.5. The lowest BCUT2D eigenvalue weighted by atomic mass is 9.62. The van der Waals surface area contributed by atoms with Gasteiger partial charge in [0.15, 0.2) is 10.0 Å². The van der Waals surface area contributed by atoms with Crippen LogP contribution in [-0.2, 0) is 4.74 Å². The van der Waals surface area contributed by atoms with Crippen molar-refractivity contribution in [2.45, 2.75) is 74.2 Å². The molecule has 1 aromatic heterocycles. The molecule has 2 fully saturated rings. The summed E-state index contributed by atoms with van der Waals surface area (Å²) >= 11 is 2.55. The standard InChI is InChI=1S/C21H27F3N2O5S2/c1-13-15(4-5-16(27)20(6-2-7-20)8-3-9-21(22,23)24)26(19(30)31-13)10-11-32-18-25-14(12-33-18)17(28)29/h4-5,12-13,15-16,27H,2-3,6-11H2,1H3,(H,28,29)/b5-4+/t13-,15-,16?/m0/s1. The topological polar surface area (TPSA) is 100.0 Å². The van der Waals surface area contributed by atoms with E-state index >= 15 is 0 Å². The van der Waals surface area contributed by atoms with Crippen LogP contribution >= 0.6 is 23.1 Å². The van der Waals surface area contributed by atoms with E-state index in [1.807, 2.05) is 0 Å². The zero-order chi connectivity index (χ0) is 24.2. The predicted octanol–water partition coefficient (Wildman–Crippen LogP) is 4.96. The van der Waals surface area contributed by atoms with Gasteiger partial charge in [0.05, 0.1) is 12.1 Å². The first-order valence-electron chi connectivity index (χ1n) is 10.7. The third kappa shape index (κ3) is 6.63. The molecule has 3 atom stereocenters. The summed E-state index contributed by atoms with van der Waals surface area (Å²) in [5, 5.41) is 21.2. The molecule has 12 heteroatoms. The van der Waals surface area contributed by atoms with Gasteiger partial charge in [-0.25, -0.2) is 14.6 Å². The number of amides is 1. The summed E-state index contributed by atoms with van der Waals surface area (Å²) in [6.45, 7) is 2.08. The highest BCUT2D eigenvalue weighted by molar-refractivity contribution is 8.01. The summed E-state index contributed by atoms with van der Waals surface area (Å²) in [4.78, 5) is 28.7. The minimum atomic E-state index is -4.20. The number of alkyl halides is 3.